The summed E-state index contributed by atoms with van der Waals surface area (Å²) in [5.41, 5.74) is 2.06. The fourth-order valence-corrected chi connectivity index (χ4v) is 4.22. The second kappa shape index (κ2) is 5.61. The van der Waals surface area contributed by atoms with Crippen LogP contribution in [0.3, 0.4) is 0 Å². The van der Waals surface area contributed by atoms with Gasteiger partial charge in [0.1, 0.15) is 0 Å². The van der Waals surface area contributed by atoms with E-state index in [1.165, 1.54) is 54.8 Å². The van der Waals surface area contributed by atoms with Crippen LogP contribution in [0.2, 0.25) is 0 Å². The topological polar surface area (TPSA) is 40.6 Å². The lowest BCUT2D eigenvalue weighted by atomic mass is 10.0. The first-order valence-corrected chi connectivity index (χ1v) is 9.61. The molecule has 0 N–H and O–H groups in total. The number of hydrogen-bond donors (Lipinski definition) is 0. The number of nitrogens with zero attached hydrogens (tertiary/aromatic N) is 2. The molecule has 0 spiro atoms. The van der Waals surface area contributed by atoms with Gasteiger partial charge in [0.05, 0.1) is 11.9 Å². The molecule has 2 atom stereocenters. The Balaban J connectivity index is 1.78. The quantitative estimate of drug-likeness (QED) is 0.862. The monoisotopic (exact) mass is 308 g/mol. The zero-order valence-electron chi connectivity index (χ0n) is 12.8. The van der Waals surface area contributed by atoms with Gasteiger partial charge in [-0.05, 0) is 49.9 Å². The molecule has 4 nitrogen and oxygen atoms in total. The largest absolute Gasteiger partial charge is 0.293 e. The predicted molar refractivity (Wildman–Crippen MR) is 86.0 cm³/mol. The first-order chi connectivity index (χ1) is 9.97. The number of benzene rings is 1. The maximum Gasteiger partial charge on any atom is 0.231 e. The molecule has 0 saturated carbocycles. The molecule has 1 aromatic rings. The van der Waals surface area contributed by atoms with Crippen molar-refractivity contribution < 1.29 is 8.42 Å². The highest BCUT2D eigenvalue weighted by Gasteiger charge is 2.35. The van der Waals surface area contributed by atoms with E-state index >= 15 is 0 Å². The molecular formula is C16H24N2O2S. The normalized spacial score (nSPS) is 26.6. The second-order valence-electron chi connectivity index (χ2n) is 6.30. The van der Waals surface area contributed by atoms with Gasteiger partial charge in [0, 0.05) is 19.1 Å². The fourth-order valence-electron chi connectivity index (χ4n) is 3.72. The zero-order valence-corrected chi connectivity index (χ0v) is 13.6. The van der Waals surface area contributed by atoms with Crippen molar-refractivity contribution in [2.45, 2.75) is 44.2 Å². The maximum absolute atomic E-state index is 11.6. The van der Waals surface area contributed by atoms with Gasteiger partial charge in [-0.2, -0.15) is 0 Å². The van der Waals surface area contributed by atoms with Crippen LogP contribution in [0, 0.1) is 0 Å². The van der Waals surface area contributed by atoms with Crippen LogP contribution in [-0.4, -0.2) is 39.2 Å². The van der Waals surface area contributed by atoms with Gasteiger partial charge in [-0.1, -0.05) is 18.6 Å². The number of piperidine rings is 1. The van der Waals surface area contributed by atoms with E-state index < -0.39 is 10.0 Å². The van der Waals surface area contributed by atoms with E-state index in [4.69, 9.17) is 0 Å². The minimum absolute atomic E-state index is 0.521. The Kier molecular flexibility index (Phi) is 3.97. The standard InChI is InChI=1S/C16H24N2O2S/c1-17(21(2,19)20)14-8-6-13(7-9-14)16-11-10-15-5-3-4-12-18(15)16/h6-9,15-16H,3-5,10-12H2,1-2H3/t15-,16-/m1/s1. The molecule has 0 aromatic heterocycles. The lowest BCUT2D eigenvalue weighted by Crippen LogP contribution is -2.35. The Labute approximate surface area is 127 Å². The highest BCUT2D eigenvalue weighted by atomic mass is 32.2. The lowest BCUT2D eigenvalue weighted by Gasteiger charge is -2.34. The van der Waals surface area contributed by atoms with Crippen LogP contribution >= 0.6 is 0 Å². The lowest BCUT2D eigenvalue weighted by molar-refractivity contribution is 0.150. The third-order valence-electron chi connectivity index (χ3n) is 4.99. The molecule has 0 bridgehead atoms. The molecule has 2 saturated heterocycles. The molecule has 0 unspecified atom stereocenters. The summed E-state index contributed by atoms with van der Waals surface area (Å²) >= 11 is 0. The molecule has 2 heterocycles. The average molecular weight is 308 g/mol. The fraction of sp³-hybridized carbons (Fsp3) is 0.625. The van der Waals surface area contributed by atoms with Gasteiger partial charge >= 0.3 is 0 Å². The second-order valence-corrected chi connectivity index (χ2v) is 8.32. The van der Waals surface area contributed by atoms with Gasteiger partial charge in [0.25, 0.3) is 0 Å². The number of sulfonamides is 1. The third kappa shape index (κ3) is 2.94. The van der Waals surface area contributed by atoms with Crippen LogP contribution in [0.25, 0.3) is 0 Å². The number of fused-ring (bicyclic) bond motifs is 1. The molecule has 21 heavy (non-hydrogen) atoms. The highest BCUT2D eigenvalue weighted by molar-refractivity contribution is 7.92. The van der Waals surface area contributed by atoms with E-state index in [0.29, 0.717) is 6.04 Å². The highest BCUT2D eigenvalue weighted by Crippen LogP contribution is 2.40. The Morgan fingerprint density at radius 1 is 1.10 bits per heavy atom. The first-order valence-electron chi connectivity index (χ1n) is 7.76. The van der Waals surface area contributed by atoms with Crippen LogP contribution < -0.4 is 4.31 Å². The predicted octanol–water partition coefficient (Wildman–Crippen LogP) is 2.77. The van der Waals surface area contributed by atoms with Crippen LogP contribution in [0.15, 0.2) is 24.3 Å². The van der Waals surface area contributed by atoms with Crippen molar-refractivity contribution in [2.24, 2.45) is 0 Å². The Morgan fingerprint density at radius 3 is 2.48 bits per heavy atom. The Morgan fingerprint density at radius 2 is 1.81 bits per heavy atom. The van der Waals surface area contributed by atoms with Gasteiger partial charge in [-0.3, -0.25) is 9.21 Å². The summed E-state index contributed by atoms with van der Waals surface area (Å²) in [6, 6.07) is 9.33. The molecule has 0 aliphatic carbocycles. The van der Waals surface area contributed by atoms with Crippen LogP contribution in [-0.2, 0) is 10.0 Å². The van der Waals surface area contributed by atoms with Crippen molar-refractivity contribution in [3.63, 3.8) is 0 Å². The number of anilines is 1. The van der Waals surface area contributed by atoms with Gasteiger partial charge in [-0.25, -0.2) is 8.42 Å². The van der Waals surface area contributed by atoms with Crippen LogP contribution in [0.5, 0.6) is 0 Å². The van der Waals surface area contributed by atoms with E-state index in [9.17, 15) is 8.42 Å². The minimum atomic E-state index is -3.18. The molecular weight excluding hydrogens is 284 g/mol. The molecule has 1 aromatic carbocycles. The summed E-state index contributed by atoms with van der Waals surface area (Å²) in [7, 11) is -1.59. The maximum atomic E-state index is 11.6. The van der Waals surface area contributed by atoms with Crippen LogP contribution in [0.4, 0.5) is 5.69 Å². The summed E-state index contributed by atoms with van der Waals surface area (Å²) in [5, 5.41) is 0. The first kappa shape index (κ1) is 14.9. The van der Waals surface area contributed by atoms with Crippen molar-refractivity contribution in [3.05, 3.63) is 29.8 Å². The smallest absolute Gasteiger partial charge is 0.231 e. The average Bonchev–Trinajstić information content (AvgIpc) is 2.90. The van der Waals surface area contributed by atoms with E-state index in [2.05, 4.69) is 17.0 Å². The SMILES string of the molecule is CN(c1ccc([C@H]2CC[C@H]3CCCCN32)cc1)S(C)(=O)=O. The Bertz CT molecular complexity index is 597. The van der Waals surface area contributed by atoms with Gasteiger partial charge in [0.2, 0.25) is 10.0 Å². The summed E-state index contributed by atoms with van der Waals surface area (Å²) < 4.78 is 24.5. The van der Waals surface area contributed by atoms with Crippen LogP contribution in [0.1, 0.15) is 43.7 Å². The van der Waals surface area contributed by atoms with Gasteiger partial charge < -0.3 is 0 Å². The Hall–Kier alpha value is -1.07. The molecule has 2 aliphatic rings. The summed E-state index contributed by atoms with van der Waals surface area (Å²) in [4.78, 5) is 2.65. The summed E-state index contributed by atoms with van der Waals surface area (Å²) in [5.74, 6) is 0. The van der Waals surface area contributed by atoms with Gasteiger partial charge in [-0.15, -0.1) is 0 Å². The van der Waals surface area contributed by atoms with E-state index in [1.54, 1.807) is 7.05 Å². The van der Waals surface area contributed by atoms with Crippen molar-refractivity contribution in [3.8, 4) is 0 Å². The third-order valence-corrected chi connectivity index (χ3v) is 6.19. The van der Waals surface area contributed by atoms with Gasteiger partial charge in [0.15, 0.2) is 0 Å². The molecule has 2 fully saturated rings. The van der Waals surface area contributed by atoms with E-state index in [0.717, 1.165) is 11.7 Å². The summed E-state index contributed by atoms with van der Waals surface area (Å²) in [6.07, 6.45) is 7.77. The van der Waals surface area contributed by atoms with E-state index in [1.807, 2.05) is 12.1 Å². The molecule has 0 amide bonds. The number of rotatable bonds is 3. The molecule has 3 rings (SSSR count). The molecule has 0 radical (unpaired) electrons. The summed E-state index contributed by atoms with van der Waals surface area (Å²) in [6.45, 7) is 1.21. The molecule has 116 valence electrons. The van der Waals surface area contributed by atoms with E-state index in [-0.39, 0.29) is 0 Å². The zero-order chi connectivity index (χ0) is 15.0. The molecule has 2 aliphatic heterocycles. The van der Waals surface area contributed by atoms with Crippen molar-refractivity contribution >= 4 is 15.7 Å². The minimum Gasteiger partial charge on any atom is -0.293 e. The number of hydrogen-bond acceptors (Lipinski definition) is 3. The van der Waals surface area contributed by atoms with Crippen molar-refractivity contribution in [1.82, 2.24) is 4.90 Å². The van der Waals surface area contributed by atoms with Crippen molar-refractivity contribution in [1.29, 1.82) is 0 Å². The molecule has 5 heteroatoms. The van der Waals surface area contributed by atoms with Crippen molar-refractivity contribution in [2.75, 3.05) is 24.2 Å².